The lowest BCUT2D eigenvalue weighted by Gasteiger charge is -2.46. The number of nitrogens with zero attached hydrogens (tertiary/aromatic N) is 2. The molecular formula is C20H36N2OPS4+. The van der Waals surface area contributed by atoms with Crippen LogP contribution in [0.15, 0.2) is 29.2 Å². The van der Waals surface area contributed by atoms with E-state index in [-0.39, 0.29) is 6.10 Å². The molecule has 1 aromatic carbocycles. The van der Waals surface area contributed by atoms with Crippen molar-refractivity contribution in [2.24, 2.45) is 0 Å². The van der Waals surface area contributed by atoms with Crippen LogP contribution in [-0.4, -0.2) is 37.7 Å². The van der Waals surface area contributed by atoms with Gasteiger partial charge in [0, 0.05) is 24.1 Å². The second kappa shape index (κ2) is 12.3. The summed E-state index contributed by atoms with van der Waals surface area (Å²) in [7, 11) is 0. The second-order valence-electron chi connectivity index (χ2n) is 6.74. The molecule has 1 rings (SSSR count). The van der Waals surface area contributed by atoms with Crippen LogP contribution in [0.1, 0.15) is 59.9 Å². The minimum Gasteiger partial charge on any atom is -0.287 e. The zero-order chi connectivity index (χ0) is 21.4. The first-order chi connectivity index (χ1) is 13.2. The van der Waals surface area contributed by atoms with Crippen LogP contribution in [-0.2, 0) is 16.3 Å². The maximum Gasteiger partial charge on any atom is 0.370 e. The molecule has 0 saturated carbocycles. The number of rotatable bonds is 12. The van der Waals surface area contributed by atoms with Gasteiger partial charge in [0.1, 0.15) is 18.5 Å². The highest BCUT2D eigenvalue weighted by Crippen LogP contribution is 2.70. The number of quaternary nitrogens is 1. The van der Waals surface area contributed by atoms with Gasteiger partial charge in [0.2, 0.25) is 0 Å². The van der Waals surface area contributed by atoms with Gasteiger partial charge in [-0.15, -0.1) is 3.06 Å². The van der Waals surface area contributed by atoms with E-state index in [9.17, 15) is 0 Å². The van der Waals surface area contributed by atoms with Gasteiger partial charge in [-0.1, -0.05) is 43.8 Å². The van der Waals surface area contributed by atoms with Gasteiger partial charge in [0.05, 0.1) is 27.9 Å². The van der Waals surface area contributed by atoms with Gasteiger partial charge in [0.25, 0.3) is 0 Å². The number of aryl methyl sites for hydroxylation is 1. The number of thiocarbonyl (C=S) groups is 1. The van der Waals surface area contributed by atoms with Gasteiger partial charge in [-0.3, -0.25) is 9.19 Å². The average molecular weight is 480 g/mol. The van der Waals surface area contributed by atoms with E-state index in [1.807, 2.05) is 30.8 Å². The molecule has 28 heavy (non-hydrogen) atoms. The summed E-state index contributed by atoms with van der Waals surface area (Å²) in [6.07, 6.45) is 2.13. The van der Waals surface area contributed by atoms with Crippen LogP contribution < -0.4 is 0 Å². The third kappa shape index (κ3) is 6.44. The minimum absolute atomic E-state index is 0.0964. The maximum atomic E-state index is 6.75. The standard InChI is InChI=1S/C20H36N2OPS4/c1-8-16-27-22(11-4,28-20-14-12-17(5)13-15-20)24(26,23-18(6)9-2)21(10-3)19(7)25/h12-15,18H,8-11,16H2,1-7H3/q+1. The quantitative estimate of drug-likeness (QED) is 0.172. The van der Waals surface area contributed by atoms with Crippen molar-refractivity contribution >= 4 is 59.5 Å². The topological polar surface area (TPSA) is 12.5 Å². The SMILES string of the molecule is CCCS[N+](CC)(Sc1ccc(C)cc1)P(=S)(OC(C)CC)N(CC)C(C)=S. The molecule has 0 heterocycles. The van der Waals surface area contributed by atoms with Gasteiger partial charge < -0.3 is 0 Å². The molecule has 0 saturated heterocycles. The molecular weight excluding hydrogens is 443 g/mol. The maximum absolute atomic E-state index is 6.75. The van der Waals surface area contributed by atoms with Crippen molar-refractivity contribution in [1.82, 2.24) is 4.67 Å². The fourth-order valence-corrected chi connectivity index (χ4v) is 12.1. The third-order valence-corrected chi connectivity index (χ3v) is 14.7. The Balaban J connectivity index is 3.56. The van der Waals surface area contributed by atoms with E-state index >= 15 is 0 Å². The Morgan fingerprint density at radius 3 is 2.25 bits per heavy atom. The summed E-state index contributed by atoms with van der Waals surface area (Å²) in [5, 5.41) is 0. The van der Waals surface area contributed by atoms with Crippen molar-refractivity contribution in [3.05, 3.63) is 29.8 Å². The molecule has 0 aromatic heterocycles. The van der Waals surface area contributed by atoms with Crippen molar-refractivity contribution in [3.8, 4) is 0 Å². The highest BCUT2D eigenvalue weighted by atomic mass is 32.5. The Labute approximate surface area is 192 Å². The van der Waals surface area contributed by atoms with Crippen LogP contribution in [0.5, 0.6) is 0 Å². The minimum atomic E-state index is -2.52. The fraction of sp³-hybridized carbons (Fsp3) is 0.650. The lowest BCUT2D eigenvalue weighted by atomic mass is 10.2. The highest BCUT2D eigenvalue weighted by Gasteiger charge is 2.52. The molecule has 0 bridgehead atoms. The molecule has 1 aromatic rings. The highest BCUT2D eigenvalue weighted by molar-refractivity contribution is 8.20. The third-order valence-electron chi connectivity index (χ3n) is 4.41. The number of benzene rings is 1. The molecule has 0 spiro atoms. The van der Waals surface area contributed by atoms with E-state index in [1.165, 1.54) is 10.5 Å². The van der Waals surface area contributed by atoms with E-state index in [1.54, 1.807) is 0 Å². The fourth-order valence-electron chi connectivity index (χ4n) is 2.66. The van der Waals surface area contributed by atoms with Crippen LogP contribution in [0.4, 0.5) is 0 Å². The van der Waals surface area contributed by atoms with Crippen LogP contribution in [0.3, 0.4) is 0 Å². The number of hydrogen-bond acceptors (Lipinski definition) is 5. The summed E-state index contributed by atoms with van der Waals surface area (Å²) in [5.74, 6) is 1.03. The molecule has 160 valence electrons. The molecule has 0 aliphatic rings. The van der Waals surface area contributed by atoms with Crippen LogP contribution in [0, 0.1) is 6.92 Å². The van der Waals surface area contributed by atoms with E-state index in [0.29, 0.717) is 3.06 Å². The predicted molar refractivity (Wildman–Crippen MR) is 136 cm³/mol. The molecule has 0 radical (unpaired) electrons. The van der Waals surface area contributed by atoms with Crippen molar-refractivity contribution in [1.29, 1.82) is 0 Å². The van der Waals surface area contributed by atoms with Gasteiger partial charge in [0.15, 0.2) is 0 Å². The van der Waals surface area contributed by atoms with Gasteiger partial charge in [-0.25, -0.2) is 0 Å². The smallest absolute Gasteiger partial charge is 0.287 e. The normalized spacial score (nSPS) is 16.8. The lowest BCUT2D eigenvalue weighted by molar-refractivity contribution is -0.506. The van der Waals surface area contributed by atoms with E-state index in [0.717, 1.165) is 36.7 Å². The average Bonchev–Trinajstić information content (AvgIpc) is 2.66. The molecule has 0 N–H and O–H groups in total. The summed E-state index contributed by atoms with van der Waals surface area (Å²) < 4.78 is 9.55. The molecule has 8 heteroatoms. The Bertz CT molecular complexity index is 671. The first kappa shape index (κ1) is 26.4. The zero-order valence-electron chi connectivity index (χ0n) is 18.3. The summed E-state index contributed by atoms with van der Waals surface area (Å²) in [4.78, 5) is 2.04. The molecule has 3 nitrogen and oxygen atoms in total. The van der Waals surface area contributed by atoms with Crippen LogP contribution in [0.2, 0.25) is 0 Å². The second-order valence-corrected chi connectivity index (χ2v) is 14.5. The van der Waals surface area contributed by atoms with E-state index in [4.69, 9.17) is 28.5 Å². The molecule has 0 aliphatic carbocycles. The zero-order valence-corrected chi connectivity index (χ0v) is 22.5. The van der Waals surface area contributed by atoms with Crippen molar-refractivity contribution in [2.45, 2.75) is 72.3 Å². The van der Waals surface area contributed by atoms with Crippen molar-refractivity contribution in [3.63, 3.8) is 0 Å². The summed E-state index contributed by atoms with van der Waals surface area (Å²) in [6.45, 7) is 14.1. The molecule has 0 amide bonds. The first-order valence-electron chi connectivity index (χ1n) is 10.1. The largest absolute Gasteiger partial charge is 0.370 e. The van der Waals surface area contributed by atoms with Crippen molar-refractivity contribution in [2.75, 3.05) is 18.8 Å². The lowest BCUT2D eigenvalue weighted by Crippen LogP contribution is -2.41. The van der Waals surface area contributed by atoms with Crippen molar-refractivity contribution < 1.29 is 7.59 Å². The Kier molecular flexibility index (Phi) is 11.6. The molecule has 0 aliphatic heterocycles. The molecule has 0 fully saturated rings. The van der Waals surface area contributed by atoms with E-state index in [2.05, 4.69) is 70.5 Å². The Morgan fingerprint density at radius 1 is 1.21 bits per heavy atom. The van der Waals surface area contributed by atoms with E-state index < -0.39 is 6.57 Å². The Morgan fingerprint density at radius 2 is 1.82 bits per heavy atom. The molecule has 3 unspecified atom stereocenters. The summed E-state index contributed by atoms with van der Waals surface area (Å²) >= 11 is 15.8. The van der Waals surface area contributed by atoms with Gasteiger partial charge >= 0.3 is 6.57 Å². The Hall–Kier alpha value is 0.380. The summed E-state index contributed by atoms with van der Waals surface area (Å²) in [5.41, 5.74) is 1.26. The summed E-state index contributed by atoms with van der Waals surface area (Å²) in [6, 6.07) is 8.72. The van der Waals surface area contributed by atoms with Gasteiger partial charge in [-0.2, -0.15) is 0 Å². The molecule has 3 atom stereocenters. The van der Waals surface area contributed by atoms with Crippen LogP contribution >= 0.6 is 42.7 Å². The number of hydrogen-bond donors (Lipinski definition) is 0. The first-order valence-corrected chi connectivity index (χ1v) is 14.8. The monoisotopic (exact) mass is 479 g/mol. The van der Waals surface area contributed by atoms with Crippen LogP contribution in [0.25, 0.3) is 0 Å². The predicted octanol–water partition coefficient (Wildman–Crippen LogP) is 7.61. The van der Waals surface area contributed by atoms with Gasteiger partial charge in [-0.05, 0) is 59.6 Å².